The molecule has 1 N–H and O–H groups in total. The van der Waals surface area contributed by atoms with Crippen molar-refractivity contribution in [1.82, 2.24) is 5.32 Å². The van der Waals surface area contributed by atoms with Crippen LogP contribution in [0.2, 0.25) is 5.02 Å². The van der Waals surface area contributed by atoms with Gasteiger partial charge in [-0.25, -0.2) is 0 Å². The quantitative estimate of drug-likeness (QED) is 0.830. The van der Waals surface area contributed by atoms with Gasteiger partial charge in [-0.3, -0.25) is 4.79 Å². The van der Waals surface area contributed by atoms with E-state index in [9.17, 15) is 4.79 Å². The van der Waals surface area contributed by atoms with Crippen LogP contribution in [0.5, 0.6) is 17.2 Å². The SMILES string of the molecule is COc1ccc(OC[C@H](C)NC(=O)c2cc(Cl)ccc2OC)cc1. The number of benzene rings is 2. The first kappa shape index (κ1) is 17.9. The second-order valence-corrected chi connectivity index (χ2v) is 5.64. The number of amides is 1. The molecule has 0 aliphatic heterocycles. The topological polar surface area (TPSA) is 56.8 Å². The van der Waals surface area contributed by atoms with E-state index in [0.717, 1.165) is 5.75 Å². The number of halogens is 1. The van der Waals surface area contributed by atoms with Gasteiger partial charge in [0.25, 0.3) is 5.91 Å². The fraction of sp³-hybridized carbons (Fsp3) is 0.278. The number of rotatable bonds is 7. The van der Waals surface area contributed by atoms with Crippen LogP contribution in [0.4, 0.5) is 0 Å². The maximum absolute atomic E-state index is 12.4. The average molecular weight is 350 g/mol. The summed E-state index contributed by atoms with van der Waals surface area (Å²) in [4.78, 5) is 12.4. The lowest BCUT2D eigenvalue weighted by Gasteiger charge is -2.16. The molecule has 1 atom stereocenters. The lowest BCUT2D eigenvalue weighted by molar-refractivity contribution is 0.0923. The van der Waals surface area contributed by atoms with Crippen molar-refractivity contribution in [2.45, 2.75) is 13.0 Å². The number of nitrogens with one attached hydrogen (secondary N) is 1. The van der Waals surface area contributed by atoms with Crippen LogP contribution in [-0.2, 0) is 0 Å². The second-order valence-electron chi connectivity index (χ2n) is 5.21. The molecule has 0 saturated carbocycles. The molecule has 6 heteroatoms. The second kappa shape index (κ2) is 8.45. The molecule has 0 bridgehead atoms. The van der Waals surface area contributed by atoms with Crippen LogP contribution in [-0.4, -0.2) is 32.8 Å². The molecule has 2 aromatic carbocycles. The summed E-state index contributed by atoms with van der Waals surface area (Å²) in [5.41, 5.74) is 0.390. The van der Waals surface area contributed by atoms with Gasteiger partial charge in [-0.1, -0.05) is 11.6 Å². The van der Waals surface area contributed by atoms with E-state index in [-0.39, 0.29) is 11.9 Å². The van der Waals surface area contributed by atoms with E-state index in [4.69, 9.17) is 25.8 Å². The first-order valence-corrected chi connectivity index (χ1v) is 7.82. The van der Waals surface area contributed by atoms with Crippen molar-refractivity contribution in [3.05, 3.63) is 53.1 Å². The number of carbonyl (C=O) groups is 1. The molecular weight excluding hydrogens is 330 g/mol. The van der Waals surface area contributed by atoms with Crippen LogP contribution >= 0.6 is 11.6 Å². The maximum Gasteiger partial charge on any atom is 0.255 e. The molecule has 128 valence electrons. The van der Waals surface area contributed by atoms with Crippen molar-refractivity contribution in [3.8, 4) is 17.2 Å². The summed E-state index contributed by atoms with van der Waals surface area (Å²) in [6, 6.07) is 12.0. The zero-order valence-electron chi connectivity index (χ0n) is 13.8. The first-order chi connectivity index (χ1) is 11.5. The highest BCUT2D eigenvalue weighted by molar-refractivity contribution is 6.31. The predicted molar refractivity (Wildman–Crippen MR) is 93.4 cm³/mol. The monoisotopic (exact) mass is 349 g/mol. The lowest BCUT2D eigenvalue weighted by atomic mass is 10.1. The summed E-state index contributed by atoms with van der Waals surface area (Å²) in [6.07, 6.45) is 0. The Hall–Kier alpha value is -2.40. The third kappa shape index (κ3) is 4.80. The van der Waals surface area contributed by atoms with Crippen LogP contribution in [0.15, 0.2) is 42.5 Å². The van der Waals surface area contributed by atoms with Crippen molar-refractivity contribution in [3.63, 3.8) is 0 Å². The Morgan fingerprint density at radius 3 is 2.38 bits per heavy atom. The van der Waals surface area contributed by atoms with E-state index in [0.29, 0.717) is 28.7 Å². The van der Waals surface area contributed by atoms with Crippen LogP contribution in [0.1, 0.15) is 17.3 Å². The van der Waals surface area contributed by atoms with Crippen molar-refractivity contribution >= 4 is 17.5 Å². The summed E-state index contributed by atoms with van der Waals surface area (Å²) >= 11 is 5.95. The largest absolute Gasteiger partial charge is 0.497 e. The standard InChI is InChI=1S/C18H20ClNO4/c1-12(11-24-15-7-5-14(22-2)6-8-15)20-18(21)16-10-13(19)4-9-17(16)23-3/h4-10,12H,11H2,1-3H3,(H,20,21)/t12-/m0/s1. The molecule has 2 rings (SSSR count). The molecule has 0 unspecified atom stereocenters. The molecule has 0 heterocycles. The molecule has 0 aliphatic carbocycles. The van der Waals surface area contributed by atoms with Gasteiger partial charge in [0.1, 0.15) is 23.9 Å². The Kier molecular flexibility index (Phi) is 6.32. The minimum atomic E-state index is -0.264. The molecule has 0 saturated heterocycles. The molecule has 0 spiro atoms. The zero-order valence-corrected chi connectivity index (χ0v) is 14.6. The Labute approximate surface area is 146 Å². The normalized spacial score (nSPS) is 11.5. The van der Waals surface area contributed by atoms with E-state index in [1.54, 1.807) is 25.3 Å². The number of hydrogen-bond donors (Lipinski definition) is 1. The van der Waals surface area contributed by atoms with Gasteiger partial charge >= 0.3 is 0 Å². The summed E-state index contributed by atoms with van der Waals surface area (Å²) in [7, 11) is 3.12. The molecule has 24 heavy (non-hydrogen) atoms. The minimum absolute atomic E-state index is 0.191. The Balaban J connectivity index is 1.92. The van der Waals surface area contributed by atoms with Crippen molar-refractivity contribution < 1.29 is 19.0 Å². The zero-order chi connectivity index (χ0) is 17.5. The average Bonchev–Trinajstić information content (AvgIpc) is 2.60. The van der Waals surface area contributed by atoms with Gasteiger partial charge < -0.3 is 19.5 Å². The van der Waals surface area contributed by atoms with E-state index in [1.807, 2.05) is 31.2 Å². The highest BCUT2D eigenvalue weighted by Crippen LogP contribution is 2.22. The van der Waals surface area contributed by atoms with Gasteiger partial charge in [-0.05, 0) is 49.4 Å². The first-order valence-electron chi connectivity index (χ1n) is 7.44. The third-order valence-electron chi connectivity index (χ3n) is 3.34. The van der Waals surface area contributed by atoms with E-state index >= 15 is 0 Å². The summed E-state index contributed by atoms with van der Waals surface area (Å²) in [5, 5.41) is 3.34. The Morgan fingerprint density at radius 1 is 1.08 bits per heavy atom. The highest BCUT2D eigenvalue weighted by Gasteiger charge is 2.15. The fourth-order valence-electron chi connectivity index (χ4n) is 2.09. The number of methoxy groups -OCH3 is 2. The summed E-state index contributed by atoms with van der Waals surface area (Å²) in [5.74, 6) is 1.68. The van der Waals surface area contributed by atoms with E-state index in [2.05, 4.69) is 5.32 Å². The fourth-order valence-corrected chi connectivity index (χ4v) is 2.27. The summed E-state index contributed by atoms with van der Waals surface area (Å²) in [6.45, 7) is 2.19. The molecule has 1 amide bonds. The van der Waals surface area contributed by atoms with Crippen molar-refractivity contribution in [2.24, 2.45) is 0 Å². The molecule has 0 aromatic heterocycles. The summed E-state index contributed by atoms with van der Waals surface area (Å²) < 4.78 is 15.9. The molecular formula is C18H20ClNO4. The number of hydrogen-bond acceptors (Lipinski definition) is 4. The molecule has 0 radical (unpaired) electrons. The molecule has 0 fully saturated rings. The highest BCUT2D eigenvalue weighted by atomic mass is 35.5. The molecule has 5 nitrogen and oxygen atoms in total. The van der Waals surface area contributed by atoms with Gasteiger partial charge in [-0.15, -0.1) is 0 Å². The Morgan fingerprint density at radius 2 is 1.75 bits per heavy atom. The van der Waals surface area contributed by atoms with Crippen LogP contribution in [0.3, 0.4) is 0 Å². The Bertz CT molecular complexity index is 688. The van der Waals surface area contributed by atoms with Crippen LogP contribution < -0.4 is 19.5 Å². The molecule has 0 aliphatic rings. The van der Waals surface area contributed by atoms with Crippen LogP contribution in [0, 0.1) is 0 Å². The maximum atomic E-state index is 12.4. The van der Waals surface area contributed by atoms with Crippen molar-refractivity contribution in [2.75, 3.05) is 20.8 Å². The molecule has 2 aromatic rings. The van der Waals surface area contributed by atoms with Gasteiger partial charge in [-0.2, -0.15) is 0 Å². The van der Waals surface area contributed by atoms with Crippen molar-refractivity contribution in [1.29, 1.82) is 0 Å². The third-order valence-corrected chi connectivity index (χ3v) is 3.58. The predicted octanol–water partition coefficient (Wildman–Crippen LogP) is 3.55. The van der Waals surface area contributed by atoms with Gasteiger partial charge in [0.2, 0.25) is 0 Å². The smallest absolute Gasteiger partial charge is 0.255 e. The number of carbonyl (C=O) groups excluding carboxylic acids is 1. The van der Waals surface area contributed by atoms with Crippen LogP contribution in [0.25, 0.3) is 0 Å². The van der Waals surface area contributed by atoms with Gasteiger partial charge in [0, 0.05) is 5.02 Å². The van der Waals surface area contributed by atoms with E-state index in [1.165, 1.54) is 7.11 Å². The van der Waals surface area contributed by atoms with Gasteiger partial charge in [0.15, 0.2) is 0 Å². The van der Waals surface area contributed by atoms with Gasteiger partial charge in [0.05, 0.1) is 25.8 Å². The lowest BCUT2D eigenvalue weighted by Crippen LogP contribution is -2.37. The van der Waals surface area contributed by atoms with E-state index < -0.39 is 0 Å². The number of ether oxygens (including phenoxy) is 3. The minimum Gasteiger partial charge on any atom is -0.497 e.